The van der Waals surface area contributed by atoms with Gasteiger partial charge in [0.1, 0.15) is 6.54 Å². The van der Waals surface area contributed by atoms with Gasteiger partial charge in [0, 0.05) is 52.5 Å². The minimum Gasteiger partial charge on any atom is -0.344 e. The van der Waals surface area contributed by atoms with Crippen molar-refractivity contribution in [1.29, 1.82) is 0 Å². The Balaban J connectivity index is 1.27. The van der Waals surface area contributed by atoms with E-state index in [1.54, 1.807) is 18.2 Å². The van der Waals surface area contributed by atoms with Crippen molar-refractivity contribution in [3.63, 3.8) is 0 Å². The second-order valence-corrected chi connectivity index (χ2v) is 21.3. The first-order chi connectivity index (χ1) is 27.5. The predicted octanol–water partition coefficient (Wildman–Crippen LogP) is 9.39. The molecule has 0 bridgehead atoms. The van der Waals surface area contributed by atoms with Gasteiger partial charge in [-0.3, -0.25) is 13.7 Å². The van der Waals surface area contributed by atoms with Crippen LogP contribution in [0, 0.1) is 0 Å². The van der Waals surface area contributed by atoms with Crippen LogP contribution in [0.2, 0.25) is 0 Å². The second-order valence-electron chi connectivity index (χ2n) is 16.5. The molecule has 1 aliphatic carbocycles. The zero-order valence-corrected chi connectivity index (χ0v) is 36.7. The zero-order valence-electron chi connectivity index (χ0n) is 33.5. The summed E-state index contributed by atoms with van der Waals surface area (Å²) >= 11 is 7.23. The highest BCUT2D eigenvalue weighted by atomic mass is 35.5. The third-order valence-electron chi connectivity index (χ3n) is 11.8. The molecule has 0 unspecified atom stereocenters. The molecule has 0 amide bonds. The molecule has 4 aromatic rings. The van der Waals surface area contributed by atoms with E-state index >= 15 is 0 Å². The van der Waals surface area contributed by atoms with Crippen LogP contribution >= 0.6 is 11.6 Å². The monoisotopic (exact) mass is 879 g/mol. The van der Waals surface area contributed by atoms with Crippen LogP contribution in [0.3, 0.4) is 0 Å². The maximum atomic E-state index is 11.9. The van der Waals surface area contributed by atoms with Crippen LogP contribution in [0.25, 0.3) is 21.5 Å². The lowest BCUT2D eigenvalue weighted by atomic mass is 9.78. The van der Waals surface area contributed by atoms with Gasteiger partial charge in [-0.25, -0.2) is 0 Å². The van der Waals surface area contributed by atoms with E-state index in [4.69, 9.17) is 11.6 Å². The van der Waals surface area contributed by atoms with Crippen molar-refractivity contribution in [3.8, 4) is 0 Å². The fraction of sp³-hybridized carbons (Fsp3) is 0.341. The van der Waals surface area contributed by atoms with Crippen LogP contribution in [0.1, 0.15) is 77.8 Å². The Morgan fingerprint density at radius 1 is 0.763 bits per heavy atom. The fourth-order valence-corrected chi connectivity index (χ4v) is 11.0. The van der Waals surface area contributed by atoms with E-state index in [2.05, 4.69) is 51.3 Å². The van der Waals surface area contributed by atoms with E-state index in [9.17, 15) is 38.9 Å². The summed E-state index contributed by atoms with van der Waals surface area (Å²) in [5.41, 5.74) is 6.69. The average Bonchev–Trinajstić information content (AvgIpc) is 3.50. The number of allylic oxidation sites excluding steroid dienone is 8. The lowest BCUT2D eigenvalue weighted by Gasteiger charge is -2.27. The standard InChI is InChI=1S/C44H47ClN2O9S3/c1-6-23-46-36-19-11-30-26-32(58(51,52)53)15-17-34(30)40(36)43(2,3)38(46)21-13-28-9-7-10-29(42(28)45)14-22-39-44(4,5)41-35-18-16-33(59(54,55)56)27-31(35)12-20-37(41)47(39)24-8-25-57(48,49)50/h11-22,26-27H,6-10,23-25H2,1-5H3,(H2-,48,49,50,51,52,53,54,55,56)/p+1. The van der Waals surface area contributed by atoms with Crippen molar-refractivity contribution in [2.75, 3.05) is 23.7 Å². The van der Waals surface area contributed by atoms with Crippen LogP contribution in [0.5, 0.6) is 0 Å². The topological polar surface area (TPSA) is 169 Å². The molecular weight excluding hydrogens is 832 g/mol. The Morgan fingerprint density at radius 2 is 1.37 bits per heavy atom. The van der Waals surface area contributed by atoms with Crippen LogP contribution in [-0.2, 0) is 41.2 Å². The van der Waals surface area contributed by atoms with Gasteiger partial charge >= 0.3 is 0 Å². The summed E-state index contributed by atoms with van der Waals surface area (Å²) in [4.78, 5) is 1.68. The highest BCUT2D eigenvalue weighted by molar-refractivity contribution is 7.86. The van der Waals surface area contributed by atoms with Gasteiger partial charge in [-0.1, -0.05) is 62.7 Å². The summed E-state index contributed by atoms with van der Waals surface area (Å²) < 4.78 is 102. The Bertz CT molecular complexity index is 2940. The minimum atomic E-state index is -4.42. The largest absolute Gasteiger partial charge is 0.344 e. The van der Waals surface area contributed by atoms with Gasteiger partial charge in [0.2, 0.25) is 5.69 Å². The van der Waals surface area contributed by atoms with E-state index in [1.165, 1.54) is 24.3 Å². The third kappa shape index (κ3) is 8.08. The summed E-state index contributed by atoms with van der Waals surface area (Å²) in [6.45, 7) is 11.6. The molecule has 0 saturated carbocycles. The first-order valence-corrected chi connectivity index (χ1v) is 24.4. The van der Waals surface area contributed by atoms with Gasteiger partial charge in [0.25, 0.3) is 30.4 Å². The van der Waals surface area contributed by atoms with Gasteiger partial charge in [-0.15, -0.1) is 0 Å². The molecule has 312 valence electrons. The summed E-state index contributed by atoms with van der Waals surface area (Å²) in [5.74, 6) is -0.412. The summed E-state index contributed by atoms with van der Waals surface area (Å²) in [7, 11) is -13.0. The minimum absolute atomic E-state index is 0.148. The number of hydrogen-bond donors (Lipinski definition) is 3. The first-order valence-electron chi connectivity index (χ1n) is 19.5. The third-order valence-corrected chi connectivity index (χ3v) is 14.8. The molecule has 2 aliphatic heterocycles. The van der Waals surface area contributed by atoms with E-state index in [0.29, 0.717) is 17.0 Å². The number of nitrogens with zero attached hydrogens (tertiary/aromatic N) is 2. The molecule has 0 aromatic heterocycles. The van der Waals surface area contributed by atoms with Crippen molar-refractivity contribution in [3.05, 3.63) is 118 Å². The van der Waals surface area contributed by atoms with Crippen LogP contribution in [-0.4, -0.2) is 68.0 Å². The Morgan fingerprint density at radius 3 is 1.97 bits per heavy atom. The molecule has 0 saturated heterocycles. The highest BCUT2D eigenvalue weighted by Crippen LogP contribution is 2.51. The van der Waals surface area contributed by atoms with Gasteiger partial charge in [0.15, 0.2) is 5.71 Å². The Kier molecular flexibility index (Phi) is 11.2. The van der Waals surface area contributed by atoms with E-state index < -0.39 is 46.9 Å². The second kappa shape index (κ2) is 15.4. The molecule has 0 spiro atoms. The van der Waals surface area contributed by atoms with E-state index in [1.807, 2.05) is 35.3 Å². The Labute approximate surface area is 351 Å². The van der Waals surface area contributed by atoms with Crippen molar-refractivity contribution < 1.29 is 43.5 Å². The summed E-state index contributed by atoms with van der Waals surface area (Å²) in [6.07, 6.45) is 11.7. The number of hydrogen-bond acceptors (Lipinski definition) is 7. The molecular formula is C44H48ClN2O9S3+. The molecule has 0 atom stereocenters. The highest BCUT2D eigenvalue weighted by Gasteiger charge is 2.46. The van der Waals surface area contributed by atoms with Gasteiger partial charge in [-0.05, 0) is 120 Å². The van der Waals surface area contributed by atoms with Crippen LogP contribution in [0.4, 0.5) is 11.4 Å². The smallest absolute Gasteiger partial charge is 0.294 e. The number of fused-ring (bicyclic) bond motifs is 6. The molecule has 59 heavy (non-hydrogen) atoms. The lowest BCUT2D eigenvalue weighted by molar-refractivity contribution is -0.437. The van der Waals surface area contributed by atoms with Crippen molar-refractivity contribution in [1.82, 2.24) is 0 Å². The zero-order chi connectivity index (χ0) is 42.9. The normalized spacial score (nSPS) is 19.6. The van der Waals surface area contributed by atoms with Crippen LogP contribution in [0.15, 0.2) is 117 Å². The van der Waals surface area contributed by atoms with Crippen molar-refractivity contribution in [2.24, 2.45) is 0 Å². The number of rotatable bonds is 11. The summed E-state index contributed by atoms with van der Waals surface area (Å²) in [6, 6.07) is 16.8. The molecule has 3 aliphatic rings. The predicted molar refractivity (Wildman–Crippen MR) is 234 cm³/mol. The molecule has 0 fully saturated rings. The molecule has 3 N–H and O–H groups in total. The van der Waals surface area contributed by atoms with E-state index in [-0.39, 0.29) is 16.2 Å². The molecule has 4 aromatic carbocycles. The Hall–Kier alpha value is -4.15. The van der Waals surface area contributed by atoms with Gasteiger partial charge < -0.3 is 4.90 Å². The number of anilines is 1. The first kappa shape index (κ1) is 43.0. The molecule has 0 radical (unpaired) electrons. The quantitative estimate of drug-likeness (QED) is 0.0975. The van der Waals surface area contributed by atoms with Gasteiger partial charge in [0.05, 0.1) is 21.0 Å². The fourth-order valence-electron chi connectivity index (χ4n) is 9.14. The maximum absolute atomic E-state index is 11.9. The van der Waals surface area contributed by atoms with Crippen LogP contribution < -0.4 is 4.90 Å². The molecule has 11 nitrogen and oxygen atoms in total. The SMILES string of the molecule is CCC[N+]1=C(/C=C/C2=C(Cl)C(=C/C=C3/N(CCCS(=O)(=O)O)c4ccc5cc(S(=O)(=O)O)ccc5c4C3(C)C)/CCC2)C(C)(C)c2c1ccc1cc(S(=O)(=O)O)ccc21. The summed E-state index contributed by atoms with van der Waals surface area (Å²) in [5, 5.41) is 3.71. The maximum Gasteiger partial charge on any atom is 0.294 e. The number of benzene rings is 4. The van der Waals surface area contributed by atoms with Crippen molar-refractivity contribution in [2.45, 2.75) is 87.3 Å². The molecule has 2 heterocycles. The average molecular weight is 881 g/mol. The van der Waals surface area contributed by atoms with Gasteiger partial charge in [-0.2, -0.15) is 29.8 Å². The molecule has 15 heteroatoms. The number of halogens is 1. The molecule has 7 rings (SSSR count). The van der Waals surface area contributed by atoms with E-state index in [0.717, 1.165) is 93.4 Å². The van der Waals surface area contributed by atoms with Crippen molar-refractivity contribution >= 4 is 80.6 Å². The lowest BCUT2D eigenvalue weighted by Crippen LogP contribution is -2.28.